The van der Waals surface area contributed by atoms with Gasteiger partial charge in [0.05, 0.1) is 22.3 Å². The van der Waals surface area contributed by atoms with Gasteiger partial charge in [0.1, 0.15) is 0 Å². The summed E-state index contributed by atoms with van der Waals surface area (Å²) in [6, 6.07) is 15.7. The summed E-state index contributed by atoms with van der Waals surface area (Å²) in [5.74, 6) is 0.901. The zero-order valence-corrected chi connectivity index (χ0v) is 36.0. The van der Waals surface area contributed by atoms with Gasteiger partial charge in [0, 0.05) is 17.1 Å². The molecular formula is C44H46F12FeP2. The molecule has 0 radical (unpaired) electrons. The Bertz CT molecular complexity index is 1810. The summed E-state index contributed by atoms with van der Waals surface area (Å²) in [5, 5.41) is 2.01. The Morgan fingerprint density at radius 3 is 1.00 bits per heavy atom. The quantitative estimate of drug-likeness (QED) is 0.0984. The van der Waals surface area contributed by atoms with E-state index in [0.717, 1.165) is 11.6 Å². The van der Waals surface area contributed by atoms with Gasteiger partial charge in [-0.3, -0.25) is 0 Å². The van der Waals surface area contributed by atoms with E-state index in [1.165, 1.54) is 47.9 Å². The largest absolute Gasteiger partial charge is 0.416 e. The molecule has 0 aromatic heterocycles. The molecule has 59 heavy (non-hydrogen) atoms. The molecule has 0 aliphatic heterocycles. The molecule has 0 amide bonds. The van der Waals surface area contributed by atoms with Crippen LogP contribution in [0.5, 0.6) is 0 Å². The van der Waals surface area contributed by atoms with Crippen LogP contribution in [0.25, 0.3) is 0 Å². The normalized spacial score (nSPS) is 16.3. The maximum atomic E-state index is 13.4. The van der Waals surface area contributed by atoms with Gasteiger partial charge >= 0.3 is 24.7 Å². The van der Waals surface area contributed by atoms with Crippen molar-refractivity contribution < 1.29 is 69.8 Å². The second-order valence-electron chi connectivity index (χ2n) is 15.7. The molecule has 0 saturated heterocycles. The molecule has 2 aliphatic rings. The van der Waals surface area contributed by atoms with Crippen LogP contribution >= 0.6 is 15.8 Å². The molecule has 0 spiro atoms. The van der Waals surface area contributed by atoms with E-state index in [1.54, 1.807) is 10.6 Å². The monoisotopic (exact) mass is 920 g/mol. The summed E-state index contributed by atoms with van der Waals surface area (Å²) in [6.07, 6.45) is -13.6. The van der Waals surface area contributed by atoms with Gasteiger partial charge in [-0.05, 0) is 144 Å². The Balaban J connectivity index is 0.000000271. The molecule has 2 aliphatic carbocycles. The summed E-state index contributed by atoms with van der Waals surface area (Å²) in [7, 11) is -2.69. The Kier molecular flexibility index (Phi) is 16.0. The van der Waals surface area contributed by atoms with Gasteiger partial charge < -0.3 is 0 Å². The number of hydrogen-bond donors (Lipinski definition) is 0. The minimum absolute atomic E-state index is 0. The van der Waals surface area contributed by atoms with Crippen LogP contribution in [0.3, 0.4) is 0 Å². The molecule has 1 atom stereocenters. The molecule has 4 aromatic rings. The Morgan fingerprint density at radius 2 is 0.712 bits per heavy atom. The third-order valence-electron chi connectivity index (χ3n) is 10.8. The summed E-state index contributed by atoms with van der Waals surface area (Å²) < 4.78 is 160. The first-order valence-corrected chi connectivity index (χ1v) is 22.0. The van der Waals surface area contributed by atoms with Crippen molar-refractivity contribution in [2.24, 2.45) is 5.92 Å². The fourth-order valence-corrected chi connectivity index (χ4v) is 14.8. The number of hydrogen-bond acceptors (Lipinski definition) is 0. The fraction of sp³-hybridized carbons (Fsp3) is 0.455. The minimum Gasteiger partial charge on any atom is -0.166 e. The standard InChI is InChI=1S/C23H31P.C21H15F12P.Fe/c1-16-10-17(2)13-22(12-16)24(20(5)21-8-6-7-9-21)23-14-18(3)11-19(4)15-23;22-18(23,24)11-5-12(19(25,26)27)8-16(7-11)34(15-3-1-2-4-15)17-9-13(20(28,29)30)6-14(10-17)21(31,32)33;/h10-15,20-21H,6-9H2,1-5H3;5-10,15H,1-4H2;. The molecule has 0 bridgehead atoms. The number of aryl methyl sites for hydroxylation is 4. The molecular weight excluding hydrogens is 874 g/mol. The molecule has 2 saturated carbocycles. The van der Waals surface area contributed by atoms with Crippen LogP contribution < -0.4 is 21.2 Å². The minimum atomic E-state index is -5.21. The molecule has 6 rings (SSSR count). The Labute approximate surface area is 350 Å². The van der Waals surface area contributed by atoms with Crippen LogP contribution in [0.4, 0.5) is 52.7 Å². The Morgan fingerprint density at radius 1 is 0.424 bits per heavy atom. The SMILES string of the molecule is Cc1cc(C)cc(P(c2cc(C)cc(C)c2)C(C)C2CCCC2)c1.FC(F)(F)c1cc(P(c2cc(C(F)(F)F)cc(C(F)(F)F)c2)C2CCCC2)cc(C(F)(F)F)c1.[Fe]. The van der Waals surface area contributed by atoms with E-state index in [2.05, 4.69) is 71.0 Å². The van der Waals surface area contributed by atoms with Crippen molar-refractivity contribution in [1.82, 2.24) is 0 Å². The summed E-state index contributed by atoms with van der Waals surface area (Å²) in [4.78, 5) is 0. The van der Waals surface area contributed by atoms with E-state index < -0.39 is 71.1 Å². The van der Waals surface area contributed by atoms with Crippen molar-refractivity contribution in [3.63, 3.8) is 0 Å². The van der Waals surface area contributed by atoms with Crippen molar-refractivity contribution in [2.75, 3.05) is 0 Å². The van der Waals surface area contributed by atoms with Crippen molar-refractivity contribution >= 4 is 37.1 Å². The average molecular weight is 921 g/mol. The van der Waals surface area contributed by atoms with E-state index in [4.69, 9.17) is 0 Å². The number of rotatable bonds is 7. The van der Waals surface area contributed by atoms with Crippen LogP contribution in [0, 0.1) is 33.6 Å². The van der Waals surface area contributed by atoms with E-state index >= 15 is 0 Å². The van der Waals surface area contributed by atoms with Gasteiger partial charge in [-0.25, -0.2) is 0 Å². The van der Waals surface area contributed by atoms with E-state index in [0.29, 0.717) is 37.1 Å². The third-order valence-corrected chi connectivity index (χ3v) is 16.6. The van der Waals surface area contributed by atoms with E-state index in [-0.39, 0.29) is 50.0 Å². The van der Waals surface area contributed by atoms with Crippen molar-refractivity contribution in [1.29, 1.82) is 0 Å². The first-order chi connectivity index (χ1) is 26.8. The molecule has 0 N–H and O–H groups in total. The molecule has 4 aromatic carbocycles. The topological polar surface area (TPSA) is 0 Å². The van der Waals surface area contributed by atoms with Crippen molar-refractivity contribution in [2.45, 2.75) is 122 Å². The van der Waals surface area contributed by atoms with Crippen molar-refractivity contribution in [3.8, 4) is 0 Å². The van der Waals surface area contributed by atoms with Gasteiger partial charge in [-0.2, -0.15) is 52.7 Å². The van der Waals surface area contributed by atoms with Crippen molar-refractivity contribution in [3.05, 3.63) is 117 Å². The second-order valence-corrected chi connectivity index (χ2v) is 20.8. The van der Waals surface area contributed by atoms with Crippen LogP contribution in [0.2, 0.25) is 0 Å². The van der Waals surface area contributed by atoms with Gasteiger partial charge in [0.25, 0.3) is 0 Å². The van der Waals surface area contributed by atoms with Gasteiger partial charge in [-0.15, -0.1) is 0 Å². The van der Waals surface area contributed by atoms with Crippen LogP contribution in [0.15, 0.2) is 72.8 Å². The zero-order chi connectivity index (χ0) is 43.0. The van der Waals surface area contributed by atoms with Crippen LogP contribution in [0.1, 0.15) is 103 Å². The van der Waals surface area contributed by atoms with Crippen LogP contribution in [-0.2, 0) is 41.8 Å². The molecule has 0 heterocycles. The summed E-state index contributed by atoms with van der Waals surface area (Å²) in [6.45, 7) is 11.5. The first kappa shape index (κ1) is 49.1. The maximum Gasteiger partial charge on any atom is 0.416 e. The molecule has 324 valence electrons. The third kappa shape index (κ3) is 12.7. The number of benzene rings is 4. The van der Waals surface area contributed by atoms with E-state index in [1.807, 2.05) is 0 Å². The molecule has 0 nitrogen and oxygen atoms in total. The average Bonchev–Trinajstić information content (AvgIpc) is 3.82. The first-order valence-electron chi connectivity index (χ1n) is 19.2. The van der Waals surface area contributed by atoms with Crippen LogP contribution in [-0.4, -0.2) is 11.3 Å². The summed E-state index contributed by atoms with van der Waals surface area (Å²) in [5.41, 5.74) is -0.996. The molecule has 2 fully saturated rings. The smallest absolute Gasteiger partial charge is 0.166 e. The molecule has 15 heteroatoms. The maximum absolute atomic E-state index is 13.4. The Hall–Kier alpha value is -2.58. The van der Waals surface area contributed by atoms with Gasteiger partial charge in [0.2, 0.25) is 0 Å². The second kappa shape index (κ2) is 19.2. The number of alkyl halides is 12. The zero-order valence-electron chi connectivity index (χ0n) is 33.1. The predicted molar refractivity (Wildman–Crippen MR) is 211 cm³/mol. The predicted octanol–water partition coefficient (Wildman–Crippen LogP) is 14.1. The molecule has 1 unspecified atom stereocenters. The van der Waals surface area contributed by atoms with E-state index in [9.17, 15) is 52.7 Å². The van der Waals surface area contributed by atoms with Gasteiger partial charge in [-0.1, -0.05) is 91.3 Å². The van der Waals surface area contributed by atoms with Gasteiger partial charge in [0.15, 0.2) is 0 Å². The fourth-order valence-electron chi connectivity index (χ4n) is 8.34. The number of halogens is 12. The summed E-state index contributed by atoms with van der Waals surface area (Å²) >= 11 is 0.